The topological polar surface area (TPSA) is 27.7 Å². The first kappa shape index (κ1) is 17.1. The smallest absolute Gasteiger partial charge is 0.238 e. The molecule has 0 aromatic heterocycles. The zero-order chi connectivity index (χ0) is 14.7. The lowest BCUT2D eigenvalue weighted by Gasteiger charge is -2.40. The van der Waals surface area contributed by atoms with Crippen LogP contribution < -0.4 is 0 Å². The minimum atomic E-state index is -1.69. The standard InChI is InChI=1S/C15H32O3Si/c1-8-19(9-2,10-3)18-17-15(6,7)13-11-16-12-14(13,4)5/h13H,8-12H2,1-7H3. The van der Waals surface area contributed by atoms with Crippen molar-refractivity contribution >= 4 is 8.32 Å². The fourth-order valence-corrected chi connectivity index (χ4v) is 5.33. The third-order valence-corrected chi connectivity index (χ3v) is 9.21. The maximum Gasteiger partial charge on any atom is 0.238 e. The van der Waals surface area contributed by atoms with Crippen molar-refractivity contribution in [2.75, 3.05) is 13.2 Å². The van der Waals surface area contributed by atoms with E-state index in [1.807, 2.05) is 0 Å². The highest BCUT2D eigenvalue weighted by molar-refractivity contribution is 6.73. The van der Waals surface area contributed by atoms with E-state index < -0.39 is 8.32 Å². The average Bonchev–Trinajstić information content (AvgIpc) is 2.72. The van der Waals surface area contributed by atoms with E-state index >= 15 is 0 Å². The second-order valence-electron chi connectivity index (χ2n) is 7.07. The predicted octanol–water partition coefficient (Wildman–Crippen LogP) is 4.39. The molecule has 0 amide bonds. The average molecular weight is 289 g/mol. The fraction of sp³-hybridized carbons (Fsp3) is 1.00. The van der Waals surface area contributed by atoms with Gasteiger partial charge in [0.1, 0.15) is 5.60 Å². The molecule has 1 heterocycles. The molecule has 0 radical (unpaired) electrons. The van der Waals surface area contributed by atoms with E-state index in [0.29, 0.717) is 5.92 Å². The number of hydrogen-bond donors (Lipinski definition) is 0. The van der Waals surface area contributed by atoms with Gasteiger partial charge < -0.3 is 4.74 Å². The van der Waals surface area contributed by atoms with Crippen molar-refractivity contribution in [2.45, 2.75) is 72.2 Å². The first-order valence-electron chi connectivity index (χ1n) is 7.67. The van der Waals surface area contributed by atoms with Crippen LogP contribution in [0.25, 0.3) is 0 Å². The number of rotatable bonds is 7. The highest BCUT2D eigenvalue weighted by Crippen LogP contribution is 2.42. The molecule has 0 aromatic carbocycles. The quantitative estimate of drug-likeness (QED) is 0.395. The number of hydrogen-bond acceptors (Lipinski definition) is 3. The van der Waals surface area contributed by atoms with Crippen molar-refractivity contribution in [3.63, 3.8) is 0 Å². The largest absolute Gasteiger partial charge is 0.380 e. The summed E-state index contributed by atoms with van der Waals surface area (Å²) in [7, 11) is -1.69. The van der Waals surface area contributed by atoms with E-state index in [1.54, 1.807) is 0 Å². The maximum atomic E-state index is 6.03. The lowest BCUT2D eigenvalue weighted by Crippen LogP contribution is -2.46. The molecule has 0 saturated carbocycles. The monoisotopic (exact) mass is 288 g/mol. The Kier molecular flexibility index (Phi) is 5.64. The van der Waals surface area contributed by atoms with Crippen molar-refractivity contribution in [3.05, 3.63) is 0 Å². The molecule has 0 bridgehead atoms. The van der Waals surface area contributed by atoms with Crippen LogP contribution in [0.3, 0.4) is 0 Å². The molecule has 1 rings (SSSR count). The third-order valence-electron chi connectivity index (χ3n) is 4.91. The lowest BCUT2D eigenvalue weighted by molar-refractivity contribution is -0.312. The molecule has 0 N–H and O–H groups in total. The van der Waals surface area contributed by atoms with E-state index in [2.05, 4.69) is 48.5 Å². The lowest BCUT2D eigenvalue weighted by atomic mass is 9.73. The summed E-state index contributed by atoms with van der Waals surface area (Å²) in [5, 5.41) is 0. The predicted molar refractivity (Wildman–Crippen MR) is 81.5 cm³/mol. The summed E-state index contributed by atoms with van der Waals surface area (Å²) in [6.45, 7) is 17.0. The highest BCUT2D eigenvalue weighted by Gasteiger charge is 2.47. The van der Waals surface area contributed by atoms with Gasteiger partial charge in [-0.3, -0.25) is 4.58 Å². The fourth-order valence-electron chi connectivity index (χ4n) is 3.09. The van der Waals surface area contributed by atoms with Gasteiger partial charge in [0.15, 0.2) is 0 Å². The summed E-state index contributed by atoms with van der Waals surface area (Å²) < 4.78 is 11.7. The molecular formula is C15H32O3Si. The summed E-state index contributed by atoms with van der Waals surface area (Å²) in [4.78, 5) is 5.97. The van der Waals surface area contributed by atoms with E-state index in [9.17, 15) is 0 Å². The molecule has 0 spiro atoms. The molecule has 19 heavy (non-hydrogen) atoms. The van der Waals surface area contributed by atoms with Crippen molar-refractivity contribution in [3.8, 4) is 0 Å². The molecule has 3 nitrogen and oxygen atoms in total. The summed E-state index contributed by atoms with van der Waals surface area (Å²) in [6.07, 6.45) is 0. The molecule has 0 aromatic rings. The van der Waals surface area contributed by atoms with Gasteiger partial charge in [0.2, 0.25) is 8.32 Å². The highest BCUT2D eigenvalue weighted by atomic mass is 28.4. The van der Waals surface area contributed by atoms with Crippen LogP contribution >= 0.6 is 0 Å². The third kappa shape index (κ3) is 3.81. The molecule has 1 unspecified atom stereocenters. The van der Waals surface area contributed by atoms with Crippen LogP contribution in [-0.4, -0.2) is 27.1 Å². The van der Waals surface area contributed by atoms with E-state index in [4.69, 9.17) is 14.2 Å². The molecule has 4 heteroatoms. The van der Waals surface area contributed by atoms with Crippen LogP contribution in [0.2, 0.25) is 18.1 Å². The minimum Gasteiger partial charge on any atom is -0.380 e. The summed E-state index contributed by atoms with van der Waals surface area (Å²) in [5.74, 6) is 0.372. The SMILES string of the molecule is CC[Si](CC)(CC)OOC(C)(C)C1COCC1(C)C. The Bertz CT molecular complexity index is 277. The van der Waals surface area contributed by atoms with Gasteiger partial charge in [0, 0.05) is 5.92 Å². The molecule has 1 aliphatic rings. The van der Waals surface area contributed by atoms with Crippen LogP contribution in [0.4, 0.5) is 0 Å². The van der Waals surface area contributed by atoms with Gasteiger partial charge in [-0.05, 0) is 37.4 Å². The van der Waals surface area contributed by atoms with Crippen molar-refractivity contribution < 1.29 is 14.2 Å². The van der Waals surface area contributed by atoms with Crippen LogP contribution in [-0.2, 0) is 14.2 Å². The van der Waals surface area contributed by atoms with Crippen LogP contribution in [0.1, 0.15) is 48.5 Å². The second-order valence-corrected chi connectivity index (χ2v) is 11.7. The summed E-state index contributed by atoms with van der Waals surface area (Å²) >= 11 is 0. The van der Waals surface area contributed by atoms with Gasteiger partial charge in [-0.2, -0.15) is 0 Å². The van der Waals surface area contributed by atoms with Gasteiger partial charge in [-0.25, -0.2) is 4.89 Å². The first-order chi connectivity index (χ1) is 8.73. The van der Waals surface area contributed by atoms with E-state index in [1.165, 1.54) is 0 Å². The summed E-state index contributed by atoms with van der Waals surface area (Å²) in [5.41, 5.74) is -0.139. The van der Waals surface area contributed by atoms with Gasteiger partial charge in [0.25, 0.3) is 0 Å². The molecule has 1 aliphatic heterocycles. The zero-order valence-electron chi connectivity index (χ0n) is 13.8. The van der Waals surface area contributed by atoms with E-state index in [0.717, 1.165) is 31.3 Å². The van der Waals surface area contributed by atoms with E-state index in [-0.39, 0.29) is 11.0 Å². The molecule has 1 saturated heterocycles. The molecular weight excluding hydrogens is 256 g/mol. The summed E-state index contributed by atoms with van der Waals surface area (Å²) in [6, 6.07) is 3.34. The Hall–Kier alpha value is 0.0969. The zero-order valence-corrected chi connectivity index (χ0v) is 14.8. The Morgan fingerprint density at radius 1 is 1.16 bits per heavy atom. The van der Waals surface area contributed by atoms with Crippen LogP contribution in [0.5, 0.6) is 0 Å². The van der Waals surface area contributed by atoms with Crippen LogP contribution in [0, 0.1) is 11.3 Å². The first-order valence-corrected chi connectivity index (χ1v) is 10.2. The van der Waals surface area contributed by atoms with Gasteiger partial charge in [0.05, 0.1) is 13.2 Å². The maximum absolute atomic E-state index is 6.03. The van der Waals surface area contributed by atoms with Gasteiger partial charge >= 0.3 is 0 Å². The van der Waals surface area contributed by atoms with Crippen molar-refractivity contribution in [1.82, 2.24) is 0 Å². The molecule has 0 aliphatic carbocycles. The molecule has 1 fully saturated rings. The Labute approximate surface area is 120 Å². The van der Waals surface area contributed by atoms with Gasteiger partial charge in [-0.1, -0.05) is 34.6 Å². The van der Waals surface area contributed by atoms with Gasteiger partial charge in [-0.15, -0.1) is 0 Å². The minimum absolute atomic E-state index is 0.154. The Morgan fingerprint density at radius 2 is 1.68 bits per heavy atom. The Balaban J connectivity index is 2.69. The normalized spacial score (nSPS) is 23.8. The molecule has 114 valence electrons. The Morgan fingerprint density at radius 3 is 2.05 bits per heavy atom. The van der Waals surface area contributed by atoms with Crippen molar-refractivity contribution in [1.29, 1.82) is 0 Å². The van der Waals surface area contributed by atoms with Crippen LogP contribution in [0.15, 0.2) is 0 Å². The molecule has 1 atom stereocenters. The number of ether oxygens (including phenoxy) is 1. The second kappa shape index (κ2) is 6.25. The van der Waals surface area contributed by atoms with Crippen molar-refractivity contribution in [2.24, 2.45) is 11.3 Å².